The first-order valence-electron chi connectivity index (χ1n) is 7.60. The van der Waals surface area contributed by atoms with Crippen molar-refractivity contribution in [2.24, 2.45) is 0 Å². The van der Waals surface area contributed by atoms with Crippen LogP contribution >= 0.6 is 11.8 Å². The highest BCUT2D eigenvalue weighted by Gasteiger charge is 2.26. The van der Waals surface area contributed by atoms with Gasteiger partial charge in [-0.05, 0) is 37.7 Å². The second kappa shape index (κ2) is 6.93. The largest absolute Gasteiger partial charge is 0.465 e. The number of carbonyl (C=O) groups is 1. The Bertz CT molecular complexity index is 820. The van der Waals surface area contributed by atoms with E-state index in [1.165, 1.54) is 11.8 Å². The van der Waals surface area contributed by atoms with Gasteiger partial charge in [0.05, 0.1) is 0 Å². The Balaban J connectivity index is 1.79. The van der Waals surface area contributed by atoms with Crippen molar-refractivity contribution < 1.29 is 9.90 Å². The molecule has 0 unspecified atom stereocenters. The van der Waals surface area contributed by atoms with Gasteiger partial charge in [-0.3, -0.25) is 0 Å². The van der Waals surface area contributed by atoms with Crippen molar-refractivity contribution in [3.05, 3.63) is 24.0 Å². The van der Waals surface area contributed by atoms with E-state index in [0.717, 1.165) is 40.9 Å². The summed E-state index contributed by atoms with van der Waals surface area (Å²) in [6, 6.07) is 5.91. The van der Waals surface area contributed by atoms with E-state index in [2.05, 4.69) is 26.7 Å². The molecule has 1 amide bonds. The third kappa shape index (κ3) is 3.51. The number of carboxylic acid groups (broad SMARTS) is 1. The molecule has 1 saturated carbocycles. The zero-order valence-electron chi connectivity index (χ0n) is 13.1. The molecular weight excluding hydrogens is 326 g/mol. The highest BCUT2D eigenvalue weighted by Crippen LogP contribution is 2.28. The normalized spacial score (nSPS) is 19.8. The number of aromatic nitrogens is 2. The Kier molecular flexibility index (Phi) is 4.71. The molecule has 24 heavy (non-hydrogen) atoms. The van der Waals surface area contributed by atoms with E-state index >= 15 is 0 Å². The number of anilines is 1. The number of hydrogen-bond donors (Lipinski definition) is 3. The number of nitrogens with one attached hydrogen (secondary N) is 2. The lowest BCUT2D eigenvalue weighted by atomic mass is 10.2. The quantitative estimate of drug-likeness (QED) is 0.732. The molecule has 3 rings (SSSR count). The van der Waals surface area contributed by atoms with Crippen LogP contribution in [0.4, 0.5) is 10.6 Å². The summed E-state index contributed by atoms with van der Waals surface area (Å²) in [5.41, 5.74) is 0.382. The van der Waals surface area contributed by atoms with Gasteiger partial charge in [0.2, 0.25) is 0 Å². The Morgan fingerprint density at radius 3 is 2.92 bits per heavy atom. The maximum absolute atomic E-state index is 10.7. The third-order valence-corrected chi connectivity index (χ3v) is 4.80. The molecule has 0 spiro atoms. The van der Waals surface area contributed by atoms with E-state index in [9.17, 15) is 4.79 Å². The molecule has 0 aromatic carbocycles. The number of amides is 1. The summed E-state index contributed by atoms with van der Waals surface area (Å²) >= 11 is 1.49. The number of rotatable bonds is 4. The second-order valence-corrected chi connectivity index (χ2v) is 6.51. The fourth-order valence-corrected chi connectivity index (χ4v) is 3.62. The molecule has 2 heterocycles. The maximum atomic E-state index is 10.7. The topological polar surface area (TPSA) is 111 Å². The lowest BCUT2D eigenvalue weighted by Crippen LogP contribution is -2.32. The van der Waals surface area contributed by atoms with Crippen LogP contribution in [0.25, 0.3) is 10.8 Å². The predicted molar refractivity (Wildman–Crippen MR) is 92.2 cm³/mol. The molecule has 124 valence electrons. The van der Waals surface area contributed by atoms with E-state index in [1.54, 1.807) is 12.3 Å². The van der Waals surface area contributed by atoms with Crippen LogP contribution in [0, 0.1) is 11.3 Å². The van der Waals surface area contributed by atoms with Gasteiger partial charge in [-0.15, -0.1) is 11.8 Å². The van der Waals surface area contributed by atoms with Gasteiger partial charge in [-0.1, -0.05) is 0 Å². The summed E-state index contributed by atoms with van der Waals surface area (Å²) in [5.74, 6) is 0.741. The number of thioether (sulfide) groups is 1. The van der Waals surface area contributed by atoms with Gasteiger partial charge in [-0.25, -0.2) is 14.8 Å². The van der Waals surface area contributed by atoms with Crippen LogP contribution < -0.4 is 10.6 Å². The summed E-state index contributed by atoms with van der Waals surface area (Å²) in [6.45, 7) is 0. The molecule has 0 radical (unpaired) electrons. The van der Waals surface area contributed by atoms with E-state index in [4.69, 9.17) is 10.4 Å². The zero-order chi connectivity index (χ0) is 17.1. The van der Waals surface area contributed by atoms with Gasteiger partial charge in [0, 0.05) is 29.1 Å². The van der Waals surface area contributed by atoms with Crippen LogP contribution in [0.3, 0.4) is 0 Å². The van der Waals surface area contributed by atoms with Gasteiger partial charge in [0.15, 0.2) is 0 Å². The maximum Gasteiger partial charge on any atom is 0.404 e. The number of pyridine rings is 2. The van der Waals surface area contributed by atoms with Crippen LogP contribution in [-0.4, -0.2) is 39.5 Å². The van der Waals surface area contributed by atoms with Gasteiger partial charge < -0.3 is 15.7 Å². The molecule has 0 aliphatic heterocycles. The Morgan fingerprint density at radius 1 is 1.42 bits per heavy atom. The summed E-state index contributed by atoms with van der Waals surface area (Å²) in [7, 11) is 0. The van der Waals surface area contributed by atoms with Crippen molar-refractivity contribution >= 4 is 34.4 Å². The molecule has 2 atom stereocenters. The Morgan fingerprint density at radius 2 is 2.21 bits per heavy atom. The smallest absolute Gasteiger partial charge is 0.404 e. The number of fused-ring (bicyclic) bond motifs is 1. The molecule has 0 bridgehead atoms. The van der Waals surface area contributed by atoms with Crippen molar-refractivity contribution in [3.63, 3.8) is 0 Å². The van der Waals surface area contributed by atoms with Crippen LogP contribution in [-0.2, 0) is 0 Å². The zero-order valence-corrected chi connectivity index (χ0v) is 13.9. The Hall–Kier alpha value is -2.53. The lowest BCUT2D eigenvalue weighted by molar-refractivity contribution is 0.190. The molecule has 1 aliphatic carbocycles. The van der Waals surface area contributed by atoms with Crippen LogP contribution in [0.2, 0.25) is 0 Å². The predicted octanol–water partition coefficient (Wildman–Crippen LogP) is 2.82. The van der Waals surface area contributed by atoms with E-state index in [0.29, 0.717) is 5.69 Å². The van der Waals surface area contributed by atoms with Gasteiger partial charge in [-0.2, -0.15) is 5.26 Å². The molecule has 8 heteroatoms. The second-order valence-electron chi connectivity index (χ2n) is 5.72. The summed E-state index contributed by atoms with van der Waals surface area (Å²) in [6.07, 6.45) is 5.14. The molecule has 1 fully saturated rings. The first-order valence-corrected chi connectivity index (χ1v) is 8.82. The average molecular weight is 343 g/mol. The van der Waals surface area contributed by atoms with Crippen LogP contribution in [0.5, 0.6) is 0 Å². The van der Waals surface area contributed by atoms with Crippen molar-refractivity contribution in [2.75, 3.05) is 11.6 Å². The monoisotopic (exact) mass is 343 g/mol. The van der Waals surface area contributed by atoms with Crippen molar-refractivity contribution in [1.82, 2.24) is 15.3 Å². The minimum absolute atomic E-state index is 0.0120. The molecule has 1 aliphatic rings. The van der Waals surface area contributed by atoms with Crippen molar-refractivity contribution in [3.8, 4) is 6.07 Å². The first-order chi connectivity index (χ1) is 11.6. The van der Waals surface area contributed by atoms with Gasteiger partial charge in [0.1, 0.15) is 22.6 Å². The van der Waals surface area contributed by atoms with E-state index in [-0.39, 0.29) is 12.1 Å². The molecule has 7 nitrogen and oxygen atoms in total. The van der Waals surface area contributed by atoms with Gasteiger partial charge in [0.25, 0.3) is 0 Å². The fourth-order valence-electron chi connectivity index (χ4n) is 3.03. The minimum Gasteiger partial charge on any atom is -0.465 e. The molecule has 2 aromatic rings. The first kappa shape index (κ1) is 16.3. The van der Waals surface area contributed by atoms with Crippen LogP contribution in [0.15, 0.2) is 23.4 Å². The average Bonchev–Trinajstić information content (AvgIpc) is 2.99. The SMILES string of the molecule is CSc1nc(C#N)cc2cnc(N[C@H]3CC[C@H](NC(=O)O)C3)cc12. The molecule has 2 aromatic heterocycles. The summed E-state index contributed by atoms with van der Waals surface area (Å²) in [5, 5.41) is 26.4. The molecular formula is C16H17N5O2S. The lowest BCUT2D eigenvalue weighted by Gasteiger charge is -2.15. The third-order valence-electron chi connectivity index (χ3n) is 4.10. The number of nitriles is 1. The van der Waals surface area contributed by atoms with E-state index in [1.807, 2.05) is 12.3 Å². The van der Waals surface area contributed by atoms with Crippen molar-refractivity contribution in [2.45, 2.75) is 36.4 Å². The standard InChI is InChI=1S/C16H17N5O2S/c1-24-15-13-6-14(18-8-9(13)4-12(7-17)20-15)19-10-2-3-11(5-10)21-16(22)23/h4,6,8,10-11,21H,2-3,5H2,1H3,(H,18,19)(H,22,23)/t10-,11-/m0/s1. The number of nitrogens with zero attached hydrogens (tertiary/aromatic N) is 3. The highest BCUT2D eigenvalue weighted by atomic mass is 32.2. The van der Waals surface area contributed by atoms with Crippen LogP contribution in [0.1, 0.15) is 25.0 Å². The number of hydrogen-bond acceptors (Lipinski definition) is 6. The van der Waals surface area contributed by atoms with Crippen molar-refractivity contribution in [1.29, 1.82) is 5.26 Å². The Labute approximate surface area is 143 Å². The van der Waals surface area contributed by atoms with Gasteiger partial charge >= 0.3 is 6.09 Å². The molecule has 3 N–H and O–H groups in total. The minimum atomic E-state index is -0.978. The summed E-state index contributed by atoms with van der Waals surface area (Å²) < 4.78 is 0. The molecule has 0 saturated heterocycles. The highest BCUT2D eigenvalue weighted by molar-refractivity contribution is 7.98. The summed E-state index contributed by atoms with van der Waals surface area (Å²) in [4.78, 5) is 19.5. The van der Waals surface area contributed by atoms with E-state index < -0.39 is 6.09 Å². The fraction of sp³-hybridized carbons (Fsp3) is 0.375.